The fraction of sp³-hybridized carbons (Fsp3) is 0.417. The van der Waals surface area contributed by atoms with Crippen molar-refractivity contribution in [3.63, 3.8) is 0 Å². The van der Waals surface area contributed by atoms with Gasteiger partial charge in [0.15, 0.2) is 0 Å². The molecule has 16 heavy (non-hydrogen) atoms. The van der Waals surface area contributed by atoms with Crippen LogP contribution in [0.15, 0.2) is 24.7 Å². The van der Waals surface area contributed by atoms with E-state index in [1.165, 1.54) is 9.75 Å². The van der Waals surface area contributed by atoms with E-state index in [9.17, 15) is 0 Å². The minimum atomic E-state index is 0.487. The molecule has 2 heterocycles. The van der Waals surface area contributed by atoms with Crippen molar-refractivity contribution in [3.05, 3.63) is 40.1 Å². The minimum absolute atomic E-state index is 0.487. The summed E-state index contributed by atoms with van der Waals surface area (Å²) in [5, 5.41) is 3.48. The van der Waals surface area contributed by atoms with E-state index < -0.39 is 0 Å². The largest absolute Gasteiger partial charge is 0.347 e. The van der Waals surface area contributed by atoms with Gasteiger partial charge in [0.05, 0.1) is 6.33 Å². The van der Waals surface area contributed by atoms with Gasteiger partial charge in [-0.2, -0.15) is 0 Å². The summed E-state index contributed by atoms with van der Waals surface area (Å²) in [5.74, 6) is 0. The Morgan fingerprint density at radius 2 is 2.38 bits per heavy atom. The second kappa shape index (κ2) is 5.27. The van der Waals surface area contributed by atoms with Crippen molar-refractivity contribution in [2.24, 2.45) is 0 Å². The van der Waals surface area contributed by atoms with Gasteiger partial charge in [0.25, 0.3) is 0 Å². The average molecular weight is 235 g/mol. The molecule has 0 aliphatic heterocycles. The van der Waals surface area contributed by atoms with Crippen LogP contribution in [0.25, 0.3) is 0 Å². The topological polar surface area (TPSA) is 40.7 Å². The van der Waals surface area contributed by atoms with Crippen LogP contribution in [0.5, 0.6) is 0 Å². The van der Waals surface area contributed by atoms with Gasteiger partial charge in [-0.05, 0) is 32.4 Å². The highest BCUT2D eigenvalue weighted by atomic mass is 32.1. The highest BCUT2D eigenvalue weighted by Gasteiger charge is 2.05. The molecule has 4 heteroatoms. The van der Waals surface area contributed by atoms with Crippen LogP contribution in [0.4, 0.5) is 0 Å². The van der Waals surface area contributed by atoms with Crippen molar-refractivity contribution in [2.45, 2.75) is 32.9 Å². The average Bonchev–Trinajstić information content (AvgIpc) is 2.87. The van der Waals surface area contributed by atoms with Gasteiger partial charge in [0.2, 0.25) is 0 Å². The van der Waals surface area contributed by atoms with Crippen molar-refractivity contribution in [1.82, 2.24) is 15.3 Å². The van der Waals surface area contributed by atoms with Crippen LogP contribution in [-0.2, 0) is 13.0 Å². The van der Waals surface area contributed by atoms with Crippen molar-refractivity contribution in [3.8, 4) is 0 Å². The van der Waals surface area contributed by atoms with Crippen LogP contribution in [0.2, 0.25) is 0 Å². The van der Waals surface area contributed by atoms with Crippen LogP contribution in [0.3, 0.4) is 0 Å². The molecule has 2 aromatic heterocycles. The first-order valence-electron chi connectivity index (χ1n) is 5.50. The maximum atomic E-state index is 3.99. The number of imidazole rings is 1. The SMILES string of the molecule is Cc1ccc(CC(C)NCc2cnc[nH]2)s1. The van der Waals surface area contributed by atoms with Crippen molar-refractivity contribution in [2.75, 3.05) is 0 Å². The molecular formula is C12H17N3S. The number of hydrogen-bond donors (Lipinski definition) is 2. The lowest BCUT2D eigenvalue weighted by molar-refractivity contribution is 0.544. The van der Waals surface area contributed by atoms with E-state index in [2.05, 4.69) is 41.3 Å². The van der Waals surface area contributed by atoms with Crippen LogP contribution in [0.1, 0.15) is 22.4 Å². The molecule has 1 atom stereocenters. The Hall–Kier alpha value is -1.13. The normalized spacial score (nSPS) is 12.9. The quantitative estimate of drug-likeness (QED) is 0.836. The van der Waals surface area contributed by atoms with Crippen LogP contribution in [0, 0.1) is 6.92 Å². The third-order valence-electron chi connectivity index (χ3n) is 2.50. The fourth-order valence-corrected chi connectivity index (χ4v) is 2.65. The molecular weight excluding hydrogens is 218 g/mol. The molecule has 0 aliphatic carbocycles. The van der Waals surface area contributed by atoms with Gasteiger partial charge in [-0.25, -0.2) is 4.98 Å². The summed E-state index contributed by atoms with van der Waals surface area (Å²) in [5.41, 5.74) is 1.13. The zero-order valence-electron chi connectivity index (χ0n) is 9.66. The van der Waals surface area contributed by atoms with E-state index >= 15 is 0 Å². The molecule has 0 saturated heterocycles. The highest BCUT2D eigenvalue weighted by molar-refractivity contribution is 7.11. The molecule has 0 bridgehead atoms. The Morgan fingerprint density at radius 1 is 1.50 bits per heavy atom. The summed E-state index contributed by atoms with van der Waals surface area (Å²) in [4.78, 5) is 9.91. The number of aromatic nitrogens is 2. The van der Waals surface area contributed by atoms with E-state index in [0.29, 0.717) is 6.04 Å². The smallest absolute Gasteiger partial charge is 0.0922 e. The molecule has 0 aliphatic rings. The molecule has 0 fully saturated rings. The first-order chi connectivity index (χ1) is 7.74. The maximum absolute atomic E-state index is 3.99. The predicted molar refractivity (Wildman–Crippen MR) is 67.6 cm³/mol. The zero-order chi connectivity index (χ0) is 11.4. The van der Waals surface area contributed by atoms with E-state index in [4.69, 9.17) is 0 Å². The molecule has 2 aromatic rings. The minimum Gasteiger partial charge on any atom is -0.347 e. The number of aryl methyl sites for hydroxylation is 1. The van der Waals surface area contributed by atoms with Crippen molar-refractivity contribution < 1.29 is 0 Å². The lowest BCUT2D eigenvalue weighted by Crippen LogP contribution is -2.27. The van der Waals surface area contributed by atoms with Gasteiger partial charge in [-0.3, -0.25) is 0 Å². The molecule has 2 N–H and O–H groups in total. The first-order valence-corrected chi connectivity index (χ1v) is 6.31. The summed E-state index contributed by atoms with van der Waals surface area (Å²) in [6.45, 7) is 5.22. The van der Waals surface area contributed by atoms with Crippen molar-refractivity contribution >= 4 is 11.3 Å². The molecule has 0 saturated carbocycles. The van der Waals surface area contributed by atoms with Gasteiger partial charge < -0.3 is 10.3 Å². The predicted octanol–water partition coefficient (Wildman–Crippen LogP) is 2.50. The van der Waals surface area contributed by atoms with Gasteiger partial charge in [0.1, 0.15) is 0 Å². The summed E-state index contributed by atoms with van der Waals surface area (Å²) in [6, 6.07) is 4.89. The van der Waals surface area contributed by atoms with Gasteiger partial charge in [-0.15, -0.1) is 11.3 Å². The Morgan fingerprint density at radius 3 is 3.00 bits per heavy atom. The van der Waals surface area contributed by atoms with E-state index in [1.54, 1.807) is 6.33 Å². The number of hydrogen-bond acceptors (Lipinski definition) is 3. The second-order valence-electron chi connectivity index (χ2n) is 4.08. The fourth-order valence-electron chi connectivity index (χ4n) is 1.63. The summed E-state index contributed by atoms with van der Waals surface area (Å²) in [6.07, 6.45) is 4.66. The third-order valence-corrected chi connectivity index (χ3v) is 3.52. The maximum Gasteiger partial charge on any atom is 0.0922 e. The number of aromatic amines is 1. The number of rotatable bonds is 5. The van der Waals surface area contributed by atoms with E-state index in [0.717, 1.165) is 18.7 Å². The first kappa shape index (κ1) is 11.4. The summed E-state index contributed by atoms with van der Waals surface area (Å²) < 4.78 is 0. The number of H-pyrrole nitrogens is 1. The number of thiophene rings is 1. The molecule has 2 rings (SSSR count). The second-order valence-corrected chi connectivity index (χ2v) is 5.45. The Kier molecular flexibility index (Phi) is 3.74. The van der Waals surface area contributed by atoms with Crippen LogP contribution in [-0.4, -0.2) is 16.0 Å². The summed E-state index contributed by atoms with van der Waals surface area (Å²) in [7, 11) is 0. The molecule has 0 aromatic carbocycles. The van der Waals surface area contributed by atoms with Crippen LogP contribution >= 0.6 is 11.3 Å². The summed E-state index contributed by atoms with van der Waals surface area (Å²) >= 11 is 1.88. The molecule has 0 amide bonds. The third kappa shape index (κ3) is 3.18. The molecule has 3 nitrogen and oxygen atoms in total. The highest BCUT2D eigenvalue weighted by Crippen LogP contribution is 2.16. The standard InChI is InChI=1S/C12H17N3S/c1-9(5-12-4-3-10(2)16-12)14-7-11-6-13-8-15-11/h3-4,6,8-9,14H,5,7H2,1-2H3,(H,13,15). The molecule has 0 spiro atoms. The van der Waals surface area contributed by atoms with Gasteiger partial charge in [-0.1, -0.05) is 0 Å². The number of nitrogens with one attached hydrogen (secondary N) is 2. The van der Waals surface area contributed by atoms with Crippen LogP contribution < -0.4 is 5.32 Å². The Bertz CT molecular complexity index is 419. The Labute approximate surface area is 99.9 Å². The van der Waals surface area contributed by atoms with Gasteiger partial charge in [0, 0.05) is 34.2 Å². The monoisotopic (exact) mass is 235 g/mol. The molecule has 1 unspecified atom stereocenters. The van der Waals surface area contributed by atoms with Crippen molar-refractivity contribution in [1.29, 1.82) is 0 Å². The lowest BCUT2D eigenvalue weighted by Gasteiger charge is -2.11. The van der Waals surface area contributed by atoms with E-state index in [1.807, 2.05) is 17.5 Å². The van der Waals surface area contributed by atoms with Gasteiger partial charge >= 0.3 is 0 Å². The Balaban J connectivity index is 1.78. The lowest BCUT2D eigenvalue weighted by atomic mass is 10.2. The molecule has 86 valence electrons. The molecule has 0 radical (unpaired) electrons. The number of nitrogens with zero attached hydrogens (tertiary/aromatic N) is 1. The zero-order valence-corrected chi connectivity index (χ0v) is 10.5. The van der Waals surface area contributed by atoms with E-state index in [-0.39, 0.29) is 0 Å².